The van der Waals surface area contributed by atoms with Crippen LogP contribution in [-0.4, -0.2) is 42.2 Å². The van der Waals surface area contributed by atoms with Gasteiger partial charge in [0.1, 0.15) is 0 Å². The van der Waals surface area contributed by atoms with Gasteiger partial charge in [-0.05, 0) is 25.1 Å². The molecule has 0 fully saturated rings. The van der Waals surface area contributed by atoms with Crippen LogP contribution in [0.1, 0.15) is 27.7 Å². The molecule has 0 bridgehead atoms. The van der Waals surface area contributed by atoms with Gasteiger partial charge in [-0.1, -0.05) is 36.7 Å². The van der Waals surface area contributed by atoms with Crippen molar-refractivity contribution in [2.45, 2.75) is 62.9 Å². The van der Waals surface area contributed by atoms with E-state index in [2.05, 4.69) is 49.8 Å². The first kappa shape index (κ1) is 16.6. The van der Waals surface area contributed by atoms with Crippen LogP contribution in [0.4, 0.5) is 0 Å². The van der Waals surface area contributed by atoms with Crippen LogP contribution in [0.2, 0.25) is 18.1 Å². The summed E-state index contributed by atoms with van der Waals surface area (Å²) < 4.78 is 5.87. The first-order chi connectivity index (χ1) is 6.99. The average Bonchev–Trinajstić information content (AvgIpc) is 2.11. The molecule has 3 nitrogen and oxygen atoms in total. The lowest BCUT2D eigenvalue weighted by atomic mass is 10.2. The third kappa shape index (κ3) is 4.83. The Bertz CT molecular complexity index is 214. The van der Waals surface area contributed by atoms with Crippen molar-refractivity contribution < 1.29 is 14.6 Å². The molecule has 0 aliphatic carbocycles. The highest BCUT2D eigenvalue weighted by molar-refractivity contribution is 9.09. The molecule has 0 aromatic rings. The standard InChI is InChI=1S/C11H25BrO3Si/c1-8(13)10(12)9(14)7-15-16(5,6)11(2,3)4/h8-10,13-14H,7H2,1-6H3/t8?,9-,10+/m0/s1. The number of aliphatic hydroxyl groups excluding tert-OH is 2. The fourth-order valence-electron chi connectivity index (χ4n) is 0.924. The third-order valence-electron chi connectivity index (χ3n) is 3.25. The molecule has 0 heterocycles. The maximum absolute atomic E-state index is 9.81. The second kappa shape index (κ2) is 5.95. The second-order valence-electron chi connectivity index (χ2n) is 5.82. The van der Waals surface area contributed by atoms with Crippen LogP contribution in [0, 0.1) is 0 Å². The second-order valence-corrected chi connectivity index (χ2v) is 11.7. The van der Waals surface area contributed by atoms with Crippen LogP contribution in [0.25, 0.3) is 0 Å². The lowest BCUT2D eigenvalue weighted by Gasteiger charge is -2.37. The Balaban J connectivity index is 4.25. The summed E-state index contributed by atoms with van der Waals surface area (Å²) in [5, 5.41) is 19.3. The van der Waals surface area contributed by atoms with Gasteiger partial charge in [0.2, 0.25) is 0 Å². The zero-order valence-electron chi connectivity index (χ0n) is 11.1. The zero-order chi connectivity index (χ0) is 13.1. The molecule has 0 amide bonds. The molecule has 0 saturated carbocycles. The van der Waals surface area contributed by atoms with Crippen LogP contribution >= 0.6 is 15.9 Å². The largest absolute Gasteiger partial charge is 0.414 e. The summed E-state index contributed by atoms with van der Waals surface area (Å²) in [5.41, 5.74) is 0. The maximum Gasteiger partial charge on any atom is 0.192 e. The molecule has 2 N–H and O–H groups in total. The van der Waals surface area contributed by atoms with E-state index < -0.39 is 20.5 Å². The zero-order valence-corrected chi connectivity index (χ0v) is 13.7. The molecule has 16 heavy (non-hydrogen) atoms. The monoisotopic (exact) mass is 312 g/mol. The van der Waals surface area contributed by atoms with Crippen LogP contribution in [0.5, 0.6) is 0 Å². The van der Waals surface area contributed by atoms with E-state index in [9.17, 15) is 10.2 Å². The number of hydrogen-bond donors (Lipinski definition) is 2. The molecule has 0 spiro atoms. The van der Waals surface area contributed by atoms with Gasteiger partial charge in [-0.2, -0.15) is 0 Å². The van der Waals surface area contributed by atoms with E-state index in [1.54, 1.807) is 6.92 Å². The van der Waals surface area contributed by atoms with Crippen molar-refractivity contribution in [2.24, 2.45) is 0 Å². The Labute approximate surface area is 108 Å². The maximum atomic E-state index is 9.81. The van der Waals surface area contributed by atoms with E-state index in [1.165, 1.54) is 0 Å². The van der Waals surface area contributed by atoms with E-state index >= 15 is 0 Å². The Morgan fingerprint density at radius 2 is 1.69 bits per heavy atom. The topological polar surface area (TPSA) is 49.7 Å². The highest BCUT2D eigenvalue weighted by Crippen LogP contribution is 2.36. The van der Waals surface area contributed by atoms with Gasteiger partial charge >= 0.3 is 0 Å². The molecule has 0 saturated heterocycles. The molecule has 1 unspecified atom stereocenters. The molecule has 3 atom stereocenters. The van der Waals surface area contributed by atoms with Crippen molar-refractivity contribution in [3.63, 3.8) is 0 Å². The highest BCUT2D eigenvalue weighted by atomic mass is 79.9. The van der Waals surface area contributed by atoms with Crippen LogP contribution in [-0.2, 0) is 4.43 Å². The average molecular weight is 313 g/mol. The van der Waals surface area contributed by atoms with Gasteiger partial charge in [-0.25, -0.2) is 0 Å². The van der Waals surface area contributed by atoms with Crippen LogP contribution in [0.3, 0.4) is 0 Å². The van der Waals surface area contributed by atoms with Gasteiger partial charge in [0, 0.05) is 0 Å². The molecular weight excluding hydrogens is 288 g/mol. The molecule has 98 valence electrons. The van der Waals surface area contributed by atoms with Gasteiger partial charge in [-0.15, -0.1) is 0 Å². The molecule has 5 heteroatoms. The minimum atomic E-state index is -1.81. The van der Waals surface area contributed by atoms with Gasteiger partial charge in [-0.3, -0.25) is 0 Å². The van der Waals surface area contributed by atoms with E-state index in [0.717, 1.165) is 0 Å². The SMILES string of the molecule is CC(O)[C@@H](Br)[C@@H](O)CO[Si](C)(C)C(C)(C)C. The minimum absolute atomic E-state index is 0.138. The molecule has 0 aromatic carbocycles. The van der Waals surface area contributed by atoms with E-state index in [4.69, 9.17) is 4.43 Å². The minimum Gasteiger partial charge on any atom is -0.414 e. The van der Waals surface area contributed by atoms with Crippen molar-refractivity contribution in [1.82, 2.24) is 0 Å². The Hall–Kier alpha value is 0.577. The van der Waals surface area contributed by atoms with Crippen molar-refractivity contribution in [3.05, 3.63) is 0 Å². The quantitative estimate of drug-likeness (QED) is 0.606. The summed E-state index contributed by atoms with van der Waals surface area (Å²) in [6, 6.07) is 0. The van der Waals surface area contributed by atoms with Gasteiger partial charge in [0.05, 0.1) is 23.6 Å². The number of aliphatic hydroxyl groups is 2. The number of hydrogen-bond acceptors (Lipinski definition) is 3. The first-order valence-electron chi connectivity index (χ1n) is 5.63. The molecule has 0 aliphatic heterocycles. The number of halogens is 1. The Kier molecular flexibility index (Phi) is 6.17. The van der Waals surface area contributed by atoms with E-state index in [-0.39, 0.29) is 16.5 Å². The fourth-order valence-corrected chi connectivity index (χ4v) is 2.10. The molecule has 0 rings (SSSR count). The summed E-state index contributed by atoms with van der Waals surface area (Å²) in [5.74, 6) is 0. The summed E-state index contributed by atoms with van der Waals surface area (Å²) in [6.07, 6.45) is -1.26. The number of rotatable bonds is 5. The van der Waals surface area contributed by atoms with E-state index in [0.29, 0.717) is 0 Å². The van der Waals surface area contributed by atoms with E-state index in [1.807, 2.05) is 0 Å². The molecular formula is C11H25BrO3Si. The predicted octanol–water partition coefficient (Wildman–Crippen LogP) is 2.51. The van der Waals surface area contributed by atoms with Crippen LogP contribution < -0.4 is 0 Å². The van der Waals surface area contributed by atoms with Crippen molar-refractivity contribution in [1.29, 1.82) is 0 Å². The van der Waals surface area contributed by atoms with Crippen molar-refractivity contribution in [3.8, 4) is 0 Å². The van der Waals surface area contributed by atoms with Crippen molar-refractivity contribution >= 4 is 24.2 Å². The lowest BCUT2D eigenvalue weighted by molar-refractivity contribution is 0.0604. The fraction of sp³-hybridized carbons (Fsp3) is 1.00. The Morgan fingerprint density at radius 3 is 2.00 bits per heavy atom. The third-order valence-corrected chi connectivity index (χ3v) is 9.13. The number of alkyl halides is 1. The smallest absolute Gasteiger partial charge is 0.192 e. The van der Waals surface area contributed by atoms with Gasteiger partial charge in [0.15, 0.2) is 8.32 Å². The Morgan fingerprint density at radius 1 is 1.25 bits per heavy atom. The summed E-state index contributed by atoms with van der Waals surface area (Å²) in [4.78, 5) is -0.336. The predicted molar refractivity (Wildman–Crippen MR) is 73.6 cm³/mol. The summed E-state index contributed by atoms with van der Waals surface area (Å²) in [7, 11) is -1.81. The first-order valence-corrected chi connectivity index (χ1v) is 9.45. The summed E-state index contributed by atoms with van der Waals surface area (Å²) in [6.45, 7) is 12.7. The van der Waals surface area contributed by atoms with Crippen molar-refractivity contribution in [2.75, 3.05) is 6.61 Å². The normalized spacial score (nSPS) is 19.3. The lowest BCUT2D eigenvalue weighted by Crippen LogP contribution is -2.44. The molecule has 0 aliphatic rings. The van der Waals surface area contributed by atoms with Gasteiger partial charge in [0.25, 0.3) is 0 Å². The highest BCUT2D eigenvalue weighted by Gasteiger charge is 2.38. The van der Waals surface area contributed by atoms with Gasteiger partial charge < -0.3 is 14.6 Å². The van der Waals surface area contributed by atoms with Crippen LogP contribution in [0.15, 0.2) is 0 Å². The summed E-state index contributed by atoms with van der Waals surface area (Å²) >= 11 is 3.26. The molecule has 0 aromatic heterocycles. The molecule has 0 radical (unpaired) electrons.